The van der Waals surface area contributed by atoms with Crippen molar-refractivity contribution in [3.05, 3.63) is 59.4 Å². The molecule has 0 aromatic heterocycles. The Labute approximate surface area is 140 Å². The first-order valence-corrected chi connectivity index (χ1v) is 7.41. The minimum atomic E-state index is -0.237. The Balaban J connectivity index is 2.15. The Morgan fingerprint density at radius 3 is 3.04 bits per heavy atom. The van der Waals surface area contributed by atoms with Gasteiger partial charge < -0.3 is 19.5 Å². The molecule has 0 saturated carbocycles. The van der Waals surface area contributed by atoms with Crippen molar-refractivity contribution in [1.82, 2.24) is 4.90 Å². The summed E-state index contributed by atoms with van der Waals surface area (Å²) < 4.78 is 10.5. The van der Waals surface area contributed by atoms with E-state index < -0.39 is 0 Å². The fourth-order valence-electron chi connectivity index (χ4n) is 2.17. The zero-order chi connectivity index (χ0) is 16.8. The summed E-state index contributed by atoms with van der Waals surface area (Å²) in [6, 6.07) is 4.99. The maximum atomic E-state index is 12.4. The fraction of sp³-hybridized carbons (Fsp3) is 0.235. The van der Waals surface area contributed by atoms with Gasteiger partial charge in [-0.1, -0.05) is 30.3 Å². The number of phenolic OH excluding ortho intramolecular Hbond substituents is 1. The molecule has 5 nitrogen and oxygen atoms in total. The second-order valence-corrected chi connectivity index (χ2v) is 5.31. The maximum absolute atomic E-state index is 12.4. The third kappa shape index (κ3) is 4.29. The number of rotatable bonds is 5. The van der Waals surface area contributed by atoms with Crippen LogP contribution < -0.4 is 4.74 Å². The molecule has 1 amide bonds. The number of hydrogen-bond acceptors (Lipinski definition) is 4. The fourth-order valence-corrected chi connectivity index (χ4v) is 2.35. The number of nitrogens with zero attached hydrogens (tertiary/aromatic N) is 1. The number of phenols is 1. The molecule has 1 aromatic rings. The number of carbonyl (C=O) groups excluding carboxylic acids is 1. The lowest BCUT2D eigenvalue weighted by Crippen LogP contribution is -2.39. The summed E-state index contributed by atoms with van der Waals surface area (Å²) >= 11 is 5.96. The van der Waals surface area contributed by atoms with Crippen molar-refractivity contribution in [3.8, 4) is 11.5 Å². The van der Waals surface area contributed by atoms with Gasteiger partial charge in [-0.2, -0.15) is 0 Å². The number of halogens is 1. The highest BCUT2D eigenvalue weighted by Crippen LogP contribution is 2.27. The van der Waals surface area contributed by atoms with Gasteiger partial charge in [0.05, 0.1) is 13.7 Å². The van der Waals surface area contributed by atoms with Gasteiger partial charge in [0.2, 0.25) is 0 Å². The summed E-state index contributed by atoms with van der Waals surface area (Å²) in [6.45, 7) is 4.80. The molecule has 0 bridgehead atoms. The van der Waals surface area contributed by atoms with Crippen molar-refractivity contribution >= 4 is 17.5 Å². The molecule has 1 saturated heterocycles. The van der Waals surface area contributed by atoms with Crippen molar-refractivity contribution in [3.63, 3.8) is 0 Å². The van der Waals surface area contributed by atoms with Gasteiger partial charge in [0.15, 0.2) is 17.3 Å². The molecular formula is C17H18ClNO4. The lowest BCUT2D eigenvalue weighted by Gasteiger charge is -2.29. The van der Waals surface area contributed by atoms with Crippen LogP contribution in [0, 0.1) is 0 Å². The second kappa shape index (κ2) is 7.74. The monoisotopic (exact) mass is 335 g/mol. The molecule has 1 N–H and O–H groups in total. The Morgan fingerprint density at radius 2 is 2.35 bits per heavy atom. The average molecular weight is 336 g/mol. The predicted molar refractivity (Wildman–Crippen MR) is 88.2 cm³/mol. The lowest BCUT2D eigenvalue weighted by molar-refractivity contribution is -0.136. The van der Waals surface area contributed by atoms with Crippen LogP contribution in [0.2, 0.25) is 0 Å². The quantitative estimate of drug-likeness (QED) is 0.664. The molecule has 0 spiro atoms. The van der Waals surface area contributed by atoms with Crippen LogP contribution in [0.3, 0.4) is 0 Å². The van der Waals surface area contributed by atoms with E-state index >= 15 is 0 Å². The number of allylic oxidation sites excluding steroid dienone is 4. The zero-order valence-electron chi connectivity index (χ0n) is 12.8. The molecule has 23 heavy (non-hydrogen) atoms. The summed E-state index contributed by atoms with van der Waals surface area (Å²) in [5, 5.41) is 9.99. The highest BCUT2D eigenvalue weighted by Gasteiger charge is 2.25. The Kier molecular flexibility index (Phi) is 5.71. The Morgan fingerprint density at radius 1 is 1.57 bits per heavy atom. The summed E-state index contributed by atoms with van der Waals surface area (Å²) in [6.07, 6.45) is 4.59. The van der Waals surface area contributed by atoms with Crippen LogP contribution in [0.4, 0.5) is 0 Å². The van der Waals surface area contributed by atoms with Crippen molar-refractivity contribution < 1.29 is 19.4 Å². The summed E-state index contributed by atoms with van der Waals surface area (Å²) in [7, 11) is 1.48. The van der Waals surface area contributed by atoms with Crippen molar-refractivity contribution in [2.24, 2.45) is 0 Å². The first kappa shape index (κ1) is 17.0. The van der Waals surface area contributed by atoms with Crippen LogP contribution in [0.15, 0.2) is 53.8 Å². The van der Waals surface area contributed by atoms with Crippen LogP contribution in [0.1, 0.15) is 5.56 Å². The van der Waals surface area contributed by atoms with Gasteiger partial charge in [-0.25, -0.2) is 0 Å². The molecule has 1 aromatic carbocycles. The van der Waals surface area contributed by atoms with Crippen molar-refractivity contribution in [1.29, 1.82) is 0 Å². The van der Waals surface area contributed by atoms with Gasteiger partial charge in [0, 0.05) is 17.7 Å². The third-order valence-corrected chi connectivity index (χ3v) is 3.52. The number of aromatic hydroxyl groups is 1. The molecule has 1 fully saturated rings. The second-order valence-electron chi connectivity index (χ2n) is 4.88. The van der Waals surface area contributed by atoms with Crippen LogP contribution in [-0.2, 0) is 16.1 Å². The van der Waals surface area contributed by atoms with Crippen molar-refractivity contribution in [2.45, 2.75) is 6.54 Å². The maximum Gasteiger partial charge on any atom is 0.289 e. The number of hydrogen-bond donors (Lipinski definition) is 1. The van der Waals surface area contributed by atoms with E-state index in [0.29, 0.717) is 30.5 Å². The van der Waals surface area contributed by atoms with E-state index in [0.717, 1.165) is 5.56 Å². The molecule has 122 valence electrons. The number of benzene rings is 1. The van der Waals surface area contributed by atoms with Gasteiger partial charge in [-0.15, -0.1) is 0 Å². The summed E-state index contributed by atoms with van der Waals surface area (Å²) in [5.41, 5.74) is 0.849. The molecular weight excluding hydrogens is 318 g/mol. The third-order valence-electron chi connectivity index (χ3n) is 3.28. The minimum absolute atomic E-state index is 0.0616. The van der Waals surface area contributed by atoms with E-state index in [1.165, 1.54) is 19.3 Å². The lowest BCUT2D eigenvalue weighted by atomic mass is 10.1. The summed E-state index contributed by atoms with van der Waals surface area (Å²) in [5.74, 6) is 0.395. The highest BCUT2D eigenvalue weighted by molar-refractivity contribution is 6.31. The van der Waals surface area contributed by atoms with Gasteiger partial charge in [-0.05, 0) is 23.8 Å². The number of morpholine rings is 1. The number of methoxy groups -OCH3 is 1. The van der Waals surface area contributed by atoms with Crippen molar-refractivity contribution in [2.75, 3.05) is 20.3 Å². The topological polar surface area (TPSA) is 59.0 Å². The van der Waals surface area contributed by atoms with Gasteiger partial charge in [0.1, 0.15) is 6.61 Å². The molecule has 6 heteroatoms. The SMILES string of the molecule is C=C/C=C(Cl)\C=C1/OCCN(Cc2ccc(O)c(OC)c2)C1=O. The molecule has 1 heterocycles. The minimum Gasteiger partial charge on any atom is -0.504 e. The van der Waals surface area contributed by atoms with Gasteiger partial charge in [0.25, 0.3) is 5.91 Å². The summed E-state index contributed by atoms with van der Waals surface area (Å²) in [4.78, 5) is 14.1. The first-order chi connectivity index (χ1) is 11.0. The van der Waals surface area contributed by atoms with E-state index in [-0.39, 0.29) is 17.4 Å². The van der Waals surface area contributed by atoms with E-state index in [1.807, 2.05) is 0 Å². The van der Waals surface area contributed by atoms with E-state index in [1.54, 1.807) is 29.2 Å². The van der Waals surface area contributed by atoms with E-state index in [9.17, 15) is 9.90 Å². The molecule has 1 aliphatic rings. The smallest absolute Gasteiger partial charge is 0.289 e. The normalized spacial score (nSPS) is 17.1. The number of carbonyl (C=O) groups is 1. The molecule has 0 aliphatic carbocycles. The Hall–Kier alpha value is -2.40. The molecule has 0 atom stereocenters. The molecule has 1 aliphatic heterocycles. The number of ether oxygens (including phenoxy) is 2. The van der Waals surface area contributed by atoms with Gasteiger partial charge in [-0.3, -0.25) is 4.79 Å². The first-order valence-electron chi connectivity index (χ1n) is 7.03. The zero-order valence-corrected chi connectivity index (χ0v) is 13.5. The average Bonchev–Trinajstić information content (AvgIpc) is 2.53. The predicted octanol–water partition coefficient (Wildman–Crippen LogP) is 2.95. The van der Waals surface area contributed by atoms with E-state index in [2.05, 4.69) is 6.58 Å². The molecule has 0 unspecified atom stereocenters. The highest BCUT2D eigenvalue weighted by atomic mass is 35.5. The van der Waals surface area contributed by atoms with Crippen LogP contribution >= 0.6 is 11.6 Å². The Bertz CT molecular complexity index is 667. The van der Waals surface area contributed by atoms with Crippen LogP contribution in [0.25, 0.3) is 0 Å². The van der Waals surface area contributed by atoms with Crippen LogP contribution in [-0.4, -0.2) is 36.2 Å². The van der Waals surface area contributed by atoms with Gasteiger partial charge >= 0.3 is 0 Å². The van der Waals surface area contributed by atoms with E-state index in [4.69, 9.17) is 21.1 Å². The van der Waals surface area contributed by atoms with Crippen LogP contribution in [0.5, 0.6) is 11.5 Å². The molecule has 2 rings (SSSR count). The number of amides is 1. The standard InChI is InChI=1S/C17H18ClNO4/c1-3-4-13(18)10-16-17(21)19(7-8-23-16)11-12-5-6-14(20)15(9-12)22-2/h3-6,9-10,20H,1,7-8,11H2,2H3/b13-4+,16-10-. The largest absolute Gasteiger partial charge is 0.504 e. The molecule has 0 radical (unpaired) electrons.